The number of ether oxygens (including phenoxy) is 2. The van der Waals surface area contributed by atoms with Crippen molar-refractivity contribution in [3.63, 3.8) is 0 Å². The number of nitrogens with zero attached hydrogens (tertiary/aromatic N) is 1. The van der Waals surface area contributed by atoms with Crippen molar-refractivity contribution in [2.45, 2.75) is 0 Å². The van der Waals surface area contributed by atoms with Crippen LogP contribution in [0.15, 0.2) is 36.4 Å². The van der Waals surface area contributed by atoms with Crippen molar-refractivity contribution < 1.29 is 23.6 Å². The highest BCUT2D eigenvalue weighted by atomic mass is 19.1. The van der Waals surface area contributed by atoms with E-state index in [1.807, 2.05) is 0 Å². The Balaban J connectivity index is 2.39. The summed E-state index contributed by atoms with van der Waals surface area (Å²) in [6.45, 7) is 0. The van der Waals surface area contributed by atoms with Gasteiger partial charge in [0.25, 0.3) is 5.69 Å². The Kier molecular flexibility index (Phi) is 4.75. The van der Waals surface area contributed by atoms with E-state index in [0.717, 1.165) is 7.11 Å². The molecule has 0 heterocycles. The molecule has 0 aliphatic rings. The second-order valence-corrected chi connectivity index (χ2v) is 4.49. The number of halogens is 1. The molecule has 0 saturated heterocycles. The number of rotatable bonds is 5. The Morgan fingerprint density at radius 3 is 2.52 bits per heavy atom. The van der Waals surface area contributed by atoms with Crippen LogP contribution in [0.4, 0.5) is 21.5 Å². The van der Waals surface area contributed by atoms with E-state index in [1.165, 1.54) is 37.4 Å². The summed E-state index contributed by atoms with van der Waals surface area (Å²) >= 11 is 0. The van der Waals surface area contributed by atoms with E-state index in [2.05, 4.69) is 10.1 Å². The van der Waals surface area contributed by atoms with Crippen molar-refractivity contribution in [3.8, 4) is 5.75 Å². The highest BCUT2D eigenvalue weighted by Gasteiger charge is 2.21. The molecule has 0 radical (unpaired) electrons. The average molecular weight is 320 g/mol. The fraction of sp³-hybridized carbons (Fsp3) is 0.133. The number of carbonyl (C=O) groups is 1. The molecule has 0 aromatic heterocycles. The van der Waals surface area contributed by atoms with Gasteiger partial charge in [0, 0.05) is 29.6 Å². The van der Waals surface area contributed by atoms with Crippen LogP contribution < -0.4 is 10.1 Å². The van der Waals surface area contributed by atoms with Crippen LogP contribution in [0, 0.1) is 15.9 Å². The quantitative estimate of drug-likeness (QED) is 0.516. The first-order valence-electron chi connectivity index (χ1n) is 6.43. The first-order chi connectivity index (χ1) is 10.9. The topological polar surface area (TPSA) is 90.7 Å². The SMILES string of the molecule is COC(=O)c1cc(Nc2cc(F)cc(OC)c2)ccc1[N+](=O)[O-]. The van der Waals surface area contributed by atoms with E-state index in [0.29, 0.717) is 17.1 Å². The summed E-state index contributed by atoms with van der Waals surface area (Å²) in [5, 5.41) is 13.8. The van der Waals surface area contributed by atoms with Crippen LogP contribution in [0.25, 0.3) is 0 Å². The lowest BCUT2D eigenvalue weighted by atomic mass is 10.1. The summed E-state index contributed by atoms with van der Waals surface area (Å²) in [5.41, 5.74) is 0.153. The lowest BCUT2D eigenvalue weighted by molar-refractivity contribution is -0.385. The monoisotopic (exact) mass is 320 g/mol. The molecule has 1 N–H and O–H groups in total. The Labute approximate surface area is 130 Å². The summed E-state index contributed by atoms with van der Waals surface area (Å²) in [6, 6.07) is 7.82. The van der Waals surface area contributed by atoms with Gasteiger partial charge in [-0.1, -0.05) is 0 Å². The number of anilines is 2. The lowest BCUT2D eigenvalue weighted by Gasteiger charge is -2.10. The molecule has 0 unspecified atom stereocenters. The molecule has 2 aromatic carbocycles. The fourth-order valence-electron chi connectivity index (χ4n) is 1.97. The van der Waals surface area contributed by atoms with E-state index >= 15 is 0 Å². The van der Waals surface area contributed by atoms with Crippen molar-refractivity contribution in [3.05, 3.63) is 57.9 Å². The number of hydrogen-bond acceptors (Lipinski definition) is 6. The number of nitro groups is 1. The van der Waals surface area contributed by atoms with Crippen molar-refractivity contribution >= 4 is 23.0 Å². The number of nitro benzene ring substituents is 1. The second-order valence-electron chi connectivity index (χ2n) is 4.49. The second kappa shape index (κ2) is 6.73. The van der Waals surface area contributed by atoms with Crippen LogP contribution in [-0.2, 0) is 4.74 Å². The molecule has 2 rings (SSSR count). The minimum atomic E-state index is -0.836. The molecule has 0 saturated carbocycles. The zero-order chi connectivity index (χ0) is 17.0. The van der Waals surface area contributed by atoms with Gasteiger partial charge in [-0.2, -0.15) is 0 Å². The largest absolute Gasteiger partial charge is 0.497 e. The van der Waals surface area contributed by atoms with Crippen LogP contribution in [0.1, 0.15) is 10.4 Å². The van der Waals surface area contributed by atoms with E-state index in [4.69, 9.17) is 4.74 Å². The molecular formula is C15H13FN2O5. The summed E-state index contributed by atoms with van der Waals surface area (Å²) < 4.78 is 23.0. The molecule has 23 heavy (non-hydrogen) atoms. The van der Waals surface area contributed by atoms with Gasteiger partial charge in [0.2, 0.25) is 0 Å². The van der Waals surface area contributed by atoms with Gasteiger partial charge in [-0.05, 0) is 18.2 Å². The maximum Gasteiger partial charge on any atom is 0.344 e. The predicted octanol–water partition coefficient (Wildman–Crippen LogP) is 3.27. The van der Waals surface area contributed by atoms with Crippen LogP contribution in [0.2, 0.25) is 0 Å². The van der Waals surface area contributed by atoms with Gasteiger partial charge >= 0.3 is 5.97 Å². The third-order valence-electron chi connectivity index (χ3n) is 2.99. The van der Waals surface area contributed by atoms with Gasteiger partial charge in [-0.3, -0.25) is 10.1 Å². The van der Waals surface area contributed by atoms with Crippen LogP contribution in [-0.4, -0.2) is 25.1 Å². The molecule has 7 nitrogen and oxygen atoms in total. The summed E-state index contributed by atoms with van der Waals surface area (Å²) in [6.07, 6.45) is 0. The van der Waals surface area contributed by atoms with Crippen LogP contribution in [0.3, 0.4) is 0 Å². The van der Waals surface area contributed by atoms with E-state index < -0.39 is 16.7 Å². The first kappa shape index (κ1) is 16.2. The lowest BCUT2D eigenvalue weighted by Crippen LogP contribution is -2.06. The molecule has 0 spiro atoms. The molecule has 8 heteroatoms. The van der Waals surface area contributed by atoms with E-state index in [9.17, 15) is 19.3 Å². The molecule has 0 aliphatic heterocycles. The number of methoxy groups -OCH3 is 2. The maximum absolute atomic E-state index is 13.5. The van der Waals surface area contributed by atoms with E-state index in [1.54, 1.807) is 6.07 Å². The zero-order valence-electron chi connectivity index (χ0n) is 12.3. The van der Waals surface area contributed by atoms with Crippen LogP contribution >= 0.6 is 0 Å². The maximum atomic E-state index is 13.5. The van der Waals surface area contributed by atoms with Crippen molar-refractivity contribution in [2.75, 3.05) is 19.5 Å². The third kappa shape index (κ3) is 3.73. The highest BCUT2D eigenvalue weighted by molar-refractivity contribution is 5.95. The van der Waals surface area contributed by atoms with Gasteiger partial charge in [0.05, 0.1) is 19.1 Å². The van der Waals surface area contributed by atoms with Gasteiger partial charge in [0.1, 0.15) is 17.1 Å². The smallest absolute Gasteiger partial charge is 0.344 e. The number of esters is 1. The molecule has 0 amide bonds. The number of benzene rings is 2. The molecule has 0 aliphatic carbocycles. The fourth-order valence-corrected chi connectivity index (χ4v) is 1.97. The Morgan fingerprint density at radius 2 is 1.91 bits per heavy atom. The minimum Gasteiger partial charge on any atom is -0.497 e. The van der Waals surface area contributed by atoms with Crippen molar-refractivity contribution in [1.82, 2.24) is 0 Å². The van der Waals surface area contributed by atoms with Gasteiger partial charge in [-0.15, -0.1) is 0 Å². The summed E-state index contributed by atoms with van der Waals surface area (Å²) in [4.78, 5) is 21.9. The van der Waals surface area contributed by atoms with Crippen molar-refractivity contribution in [2.24, 2.45) is 0 Å². The number of carbonyl (C=O) groups excluding carboxylic acids is 1. The molecular weight excluding hydrogens is 307 g/mol. The predicted molar refractivity (Wildman–Crippen MR) is 80.7 cm³/mol. The average Bonchev–Trinajstić information content (AvgIpc) is 2.53. The number of nitrogens with one attached hydrogen (secondary N) is 1. The van der Waals surface area contributed by atoms with Gasteiger partial charge in [-0.25, -0.2) is 9.18 Å². The Hall–Kier alpha value is -3.16. The highest BCUT2D eigenvalue weighted by Crippen LogP contribution is 2.27. The van der Waals surface area contributed by atoms with Crippen molar-refractivity contribution in [1.29, 1.82) is 0 Å². The molecule has 0 bridgehead atoms. The van der Waals surface area contributed by atoms with Gasteiger partial charge in [0.15, 0.2) is 0 Å². The molecule has 120 valence electrons. The molecule has 0 atom stereocenters. The standard InChI is InChI=1S/C15H13FN2O5/c1-22-12-6-9(16)5-11(7-12)17-10-3-4-14(18(20)21)13(8-10)15(19)23-2/h3-8,17H,1-2H3. The number of hydrogen-bond donors (Lipinski definition) is 1. The van der Waals surface area contributed by atoms with Gasteiger partial charge < -0.3 is 14.8 Å². The molecule has 2 aromatic rings. The Morgan fingerprint density at radius 1 is 1.17 bits per heavy atom. The summed E-state index contributed by atoms with van der Waals surface area (Å²) in [7, 11) is 2.53. The minimum absolute atomic E-state index is 0.203. The molecule has 0 fully saturated rings. The zero-order valence-corrected chi connectivity index (χ0v) is 12.3. The first-order valence-corrected chi connectivity index (χ1v) is 6.43. The summed E-state index contributed by atoms with van der Waals surface area (Å²) in [5.74, 6) is -1.04. The van der Waals surface area contributed by atoms with E-state index in [-0.39, 0.29) is 11.3 Å². The normalized spacial score (nSPS) is 10.0. The van der Waals surface area contributed by atoms with Crippen LogP contribution in [0.5, 0.6) is 5.75 Å². The Bertz CT molecular complexity index is 764. The third-order valence-corrected chi connectivity index (χ3v) is 2.99.